The summed E-state index contributed by atoms with van der Waals surface area (Å²) in [6.07, 6.45) is -2.06. The van der Waals surface area contributed by atoms with Crippen molar-refractivity contribution in [3.05, 3.63) is 0 Å². The van der Waals surface area contributed by atoms with Gasteiger partial charge in [0, 0.05) is 7.11 Å². The van der Waals surface area contributed by atoms with Gasteiger partial charge in [-0.3, -0.25) is 0 Å². The van der Waals surface area contributed by atoms with E-state index in [1.807, 2.05) is 0 Å². The second kappa shape index (κ2) is 3.89. The van der Waals surface area contributed by atoms with Gasteiger partial charge in [-0.05, 0) is 13.6 Å². The molecule has 0 aromatic carbocycles. The van der Waals surface area contributed by atoms with E-state index < -0.39 is 6.35 Å². The van der Waals surface area contributed by atoms with Crippen molar-refractivity contribution >= 4 is 6.35 Å². The first-order chi connectivity index (χ1) is 4.74. The third-order valence-corrected chi connectivity index (χ3v) is 1.22. The molecule has 10 heavy (non-hydrogen) atoms. The first-order valence-corrected chi connectivity index (χ1v) is 2.77. The van der Waals surface area contributed by atoms with Crippen LogP contribution in [-0.2, 0) is 9.39 Å². The molecule has 0 aromatic heterocycles. The van der Waals surface area contributed by atoms with E-state index in [0.29, 0.717) is 0 Å². The van der Waals surface area contributed by atoms with E-state index in [0.717, 1.165) is 0 Å². The molecule has 0 aliphatic carbocycles. The van der Waals surface area contributed by atoms with E-state index in [2.05, 4.69) is 4.74 Å². The average molecular weight is 139 g/mol. The highest BCUT2D eigenvalue weighted by Gasteiger charge is 2.23. The average Bonchev–Trinajstić information content (AvgIpc) is 2.01. The summed E-state index contributed by atoms with van der Waals surface area (Å²) in [6, 6.07) is 0. The van der Waals surface area contributed by atoms with Crippen LogP contribution in [-0.4, -0.2) is 27.1 Å². The second-order valence-electron chi connectivity index (χ2n) is 1.90. The maximum atomic E-state index is 8.46. The summed E-state index contributed by atoms with van der Waals surface area (Å²) < 4.78 is 9.33. The molecule has 0 amide bonds. The van der Waals surface area contributed by atoms with E-state index in [4.69, 9.17) is 15.2 Å². The quantitative estimate of drug-likeness (QED) is 0.511. The fourth-order valence-electron chi connectivity index (χ4n) is 0.512. The van der Waals surface area contributed by atoms with Crippen LogP contribution in [0.4, 0.5) is 0 Å². The van der Waals surface area contributed by atoms with Crippen molar-refractivity contribution in [2.45, 2.75) is 0 Å². The highest BCUT2D eigenvalue weighted by atomic mass is 16.5. The van der Waals surface area contributed by atoms with Gasteiger partial charge in [-0.1, -0.05) is 11.9 Å². The summed E-state index contributed by atoms with van der Waals surface area (Å²) in [5.74, 6) is 3.54. The predicted octanol–water partition coefficient (Wildman–Crippen LogP) is -0.111. The summed E-state index contributed by atoms with van der Waals surface area (Å²) in [5.41, 5.74) is 0. The van der Waals surface area contributed by atoms with Crippen molar-refractivity contribution in [2.75, 3.05) is 20.7 Å². The largest absolute Gasteiger partial charge is 0.569 e. The molecule has 0 saturated heterocycles. The Kier molecular flexibility index (Phi) is 3.49. The standard InChI is InChI=1S/C5H8BN2O2/c1-9-5-6(3-7,4-8)10-2/h5H2,1-2H3/q-1. The smallest absolute Gasteiger partial charge is 0.338 e. The van der Waals surface area contributed by atoms with Gasteiger partial charge in [-0.2, -0.15) is 0 Å². The molecule has 0 rings (SSSR count). The minimum absolute atomic E-state index is 0.0312. The number of nitrogens with zero attached hydrogens (tertiary/aromatic N) is 2. The van der Waals surface area contributed by atoms with Gasteiger partial charge in [0.2, 0.25) is 0 Å². The lowest BCUT2D eigenvalue weighted by atomic mass is 9.44. The molecule has 0 atom stereocenters. The van der Waals surface area contributed by atoms with E-state index in [1.54, 1.807) is 11.9 Å². The van der Waals surface area contributed by atoms with Crippen molar-refractivity contribution in [1.82, 2.24) is 0 Å². The maximum Gasteiger partial charge on any atom is 0.338 e. The molecule has 4 nitrogen and oxygen atoms in total. The normalized spacial score (nSPS) is 10.0. The molecule has 0 aliphatic heterocycles. The van der Waals surface area contributed by atoms with Crippen molar-refractivity contribution in [1.29, 1.82) is 10.5 Å². The molecule has 0 radical (unpaired) electrons. The fraction of sp³-hybridized carbons (Fsp3) is 0.600. The molecular weight excluding hydrogens is 131 g/mol. The molecule has 0 unspecified atom stereocenters. The molecule has 0 saturated carbocycles. The van der Waals surface area contributed by atoms with Crippen LogP contribution >= 0.6 is 0 Å². The van der Waals surface area contributed by atoms with Crippen LogP contribution in [0.1, 0.15) is 0 Å². The minimum atomic E-state index is -2.06. The van der Waals surface area contributed by atoms with Crippen molar-refractivity contribution < 1.29 is 9.39 Å². The van der Waals surface area contributed by atoms with Gasteiger partial charge in [-0.25, -0.2) is 10.5 Å². The van der Waals surface area contributed by atoms with Gasteiger partial charge in [0.25, 0.3) is 0 Å². The Bertz CT molecular complexity index is 167. The van der Waals surface area contributed by atoms with Crippen molar-refractivity contribution in [3.8, 4) is 11.9 Å². The number of ether oxygens (including phenoxy) is 1. The zero-order valence-electron chi connectivity index (χ0n) is 6.00. The molecular formula is C5H8BN2O2-. The Morgan fingerprint density at radius 1 is 1.30 bits per heavy atom. The monoisotopic (exact) mass is 139 g/mol. The van der Waals surface area contributed by atoms with Gasteiger partial charge in [0.15, 0.2) is 0 Å². The predicted molar refractivity (Wildman–Crippen MR) is 35.9 cm³/mol. The number of hydrogen-bond acceptors (Lipinski definition) is 4. The van der Waals surface area contributed by atoms with Crippen LogP contribution < -0.4 is 0 Å². The summed E-state index contributed by atoms with van der Waals surface area (Å²) in [4.78, 5) is 0. The van der Waals surface area contributed by atoms with Gasteiger partial charge >= 0.3 is 6.35 Å². The van der Waals surface area contributed by atoms with Gasteiger partial charge in [0.1, 0.15) is 0 Å². The van der Waals surface area contributed by atoms with Gasteiger partial charge < -0.3 is 9.39 Å². The number of nitriles is 2. The van der Waals surface area contributed by atoms with Crippen LogP contribution in [0.3, 0.4) is 0 Å². The molecule has 0 N–H and O–H groups in total. The van der Waals surface area contributed by atoms with Crippen LogP contribution in [0.5, 0.6) is 0 Å². The van der Waals surface area contributed by atoms with Gasteiger partial charge in [0.05, 0.1) is 0 Å². The zero-order valence-corrected chi connectivity index (χ0v) is 6.00. The molecule has 5 heteroatoms. The molecule has 0 aromatic rings. The lowest BCUT2D eigenvalue weighted by Gasteiger charge is -2.21. The molecule has 0 aliphatic rings. The molecule has 0 spiro atoms. The van der Waals surface area contributed by atoms with Crippen LogP contribution in [0.25, 0.3) is 0 Å². The van der Waals surface area contributed by atoms with Crippen molar-refractivity contribution in [3.63, 3.8) is 0 Å². The Balaban J connectivity index is 4.24. The lowest BCUT2D eigenvalue weighted by molar-refractivity contribution is 0.228. The van der Waals surface area contributed by atoms with Gasteiger partial charge in [-0.15, -0.1) is 0 Å². The first kappa shape index (κ1) is 8.96. The Labute approximate surface area is 59.9 Å². The highest BCUT2D eigenvalue weighted by molar-refractivity contribution is 6.87. The maximum absolute atomic E-state index is 8.46. The molecule has 0 fully saturated rings. The third kappa shape index (κ3) is 1.73. The molecule has 54 valence electrons. The summed E-state index contributed by atoms with van der Waals surface area (Å²) >= 11 is 0. The lowest BCUT2D eigenvalue weighted by Crippen LogP contribution is -2.40. The topological polar surface area (TPSA) is 66.0 Å². The summed E-state index contributed by atoms with van der Waals surface area (Å²) in [6.45, 7) is 0.0312. The van der Waals surface area contributed by atoms with Crippen LogP contribution in [0.2, 0.25) is 0 Å². The van der Waals surface area contributed by atoms with Crippen LogP contribution in [0, 0.1) is 22.5 Å². The highest BCUT2D eigenvalue weighted by Crippen LogP contribution is 1.99. The third-order valence-electron chi connectivity index (χ3n) is 1.22. The fourth-order valence-corrected chi connectivity index (χ4v) is 0.512. The number of rotatable bonds is 3. The summed E-state index contributed by atoms with van der Waals surface area (Å²) in [7, 11) is 2.75. The van der Waals surface area contributed by atoms with Crippen LogP contribution in [0.15, 0.2) is 0 Å². The van der Waals surface area contributed by atoms with Crippen molar-refractivity contribution in [2.24, 2.45) is 0 Å². The van der Waals surface area contributed by atoms with E-state index in [1.165, 1.54) is 14.2 Å². The molecule has 0 heterocycles. The minimum Gasteiger partial charge on any atom is -0.569 e. The number of methoxy groups -OCH3 is 1. The Hall–Kier alpha value is -1.04. The SMILES string of the molecule is COC[B-](C#N)(C#N)OC. The Morgan fingerprint density at radius 2 is 1.80 bits per heavy atom. The van der Waals surface area contributed by atoms with E-state index >= 15 is 0 Å². The number of hydrogen-bond donors (Lipinski definition) is 0. The first-order valence-electron chi connectivity index (χ1n) is 2.77. The zero-order chi connectivity index (χ0) is 8.04. The molecule has 0 bridgehead atoms. The summed E-state index contributed by atoms with van der Waals surface area (Å²) in [5, 5.41) is 16.9. The van der Waals surface area contributed by atoms with E-state index in [9.17, 15) is 0 Å². The second-order valence-corrected chi connectivity index (χ2v) is 1.90. The van der Waals surface area contributed by atoms with E-state index in [-0.39, 0.29) is 6.51 Å². The Morgan fingerprint density at radius 3 is 1.90 bits per heavy atom.